The smallest absolute Gasteiger partial charge is 0.254 e. The standard InChI is InChI=1S/C22H22N2O4S2/c1-24-20(18-7-5-9-30-18)19(21(25)23-12-13-6-4-8-29-13)14-10-16(27-2)17(28-3)11-15(14)22(24)26/h4-11,19-20H,12H2,1-3H3,(H,23,25)/t19-,20+/m0/s1. The third-order valence-corrected chi connectivity index (χ3v) is 7.13. The van der Waals surface area contributed by atoms with Crippen LogP contribution < -0.4 is 14.8 Å². The Morgan fingerprint density at radius 1 is 1.10 bits per heavy atom. The maximum Gasteiger partial charge on any atom is 0.254 e. The quantitative estimate of drug-likeness (QED) is 0.625. The predicted octanol–water partition coefficient (Wildman–Crippen LogP) is 4.05. The first kappa shape index (κ1) is 20.4. The Balaban J connectivity index is 1.80. The van der Waals surface area contributed by atoms with E-state index < -0.39 is 12.0 Å². The number of thiophene rings is 2. The van der Waals surface area contributed by atoms with Crippen LogP contribution in [0.2, 0.25) is 0 Å². The van der Waals surface area contributed by atoms with Crippen LogP contribution in [0, 0.1) is 0 Å². The molecule has 8 heteroatoms. The molecule has 2 atom stereocenters. The van der Waals surface area contributed by atoms with E-state index >= 15 is 0 Å². The van der Waals surface area contributed by atoms with Crippen molar-refractivity contribution in [1.29, 1.82) is 0 Å². The Hall–Kier alpha value is -2.84. The van der Waals surface area contributed by atoms with Crippen molar-refractivity contribution in [3.8, 4) is 11.5 Å². The Labute approximate surface area is 183 Å². The van der Waals surface area contributed by atoms with Gasteiger partial charge in [-0.05, 0) is 40.6 Å². The summed E-state index contributed by atoms with van der Waals surface area (Å²) in [6.07, 6.45) is 0. The van der Waals surface area contributed by atoms with Gasteiger partial charge in [0.15, 0.2) is 11.5 Å². The lowest BCUT2D eigenvalue weighted by atomic mass is 9.81. The number of hydrogen-bond donors (Lipinski definition) is 1. The lowest BCUT2D eigenvalue weighted by Crippen LogP contribution is -2.45. The zero-order valence-electron chi connectivity index (χ0n) is 16.9. The maximum absolute atomic E-state index is 13.5. The van der Waals surface area contributed by atoms with E-state index in [1.54, 1.807) is 42.5 Å². The molecule has 0 fully saturated rings. The van der Waals surface area contributed by atoms with Crippen LogP contribution in [0.3, 0.4) is 0 Å². The molecule has 1 aliphatic rings. The number of rotatable bonds is 6. The maximum atomic E-state index is 13.5. The molecule has 1 aliphatic heterocycles. The van der Waals surface area contributed by atoms with E-state index in [2.05, 4.69) is 5.32 Å². The highest BCUT2D eigenvalue weighted by molar-refractivity contribution is 7.10. The third-order valence-electron chi connectivity index (χ3n) is 5.31. The second-order valence-corrected chi connectivity index (χ2v) is 8.96. The minimum atomic E-state index is -0.568. The normalized spacial score (nSPS) is 18.1. The summed E-state index contributed by atoms with van der Waals surface area (Å²) in [7, 11) is 4.82. The van der Waals surface area contributed by atoms with Gasteiger partial charge in [-0.25, -0.2) is 0 Å². The minimum Gasteiger partial charge on any atom is -0.493 e. The Bertz CT molecular complexity index is 1050. The average Bonchev–Trinajstić information content (AvgIpc) is 3.47. The Morgan fingerprint density at radius 2 is 1.80 bits per heavy atom. The van der Waals surface area contributed by atoms with Gasteiger partial charge in [0.1, 0.15) is 0 Å². The molecular weight excluding hydrogens is 420 g/mol. The average molecular weight is 443 g/mol. The first-order valence-electron chi connectivity index (χ1n) is 9.41. The van der Waals surface area contributed by atoms with E-state index in [0.29, 0.717) is 29.2 Å². The molecule has 156 valence electrons. The van der Waals surface area contributed by atoms with Crippen LogP contribution in [0.25, 0.3) is 0 Å². The highest BCUT2D eigenvalue weighted by atomic mass is 32.1. The molecule has 2 amide bonds. The number of hydrogen-bond acceptors (Lipinski definition) is 6. The fourth-order valence-electron chi connectivity index (χ4n) is 3.84. The van der Waals surface area contributed by atoms with Crippen LogP contribution in [0.15, 0.2) is 47.2 Å². The van der Waals surface area contributed by atoms with Crippen LogP contribution in [-0.2, 0) is 11.3 Å². The van der Waals surface area contributed by atoms with Crippen LogP contribution in [0.1, 0.15) is 37.6 Å². The molecule has 0 unspecified atom stereocenters. The number of amides is 2. The van der Waals surface area contributed by atoms with Crippen LogP contribution >= 0.6 is 22.7 Å². The summed E-state index contributed by atoms with van der Waals surface area (Å²) >= 11 is 3.13. The predicted molar refractivity (Wildman–Crippen MR) is 118 cm³/mol. The molecule has 4 rings (SSSR count). The molecule has 1 N–H and O–H groups in total. The number of carbonyl (C=O) groups is 2. The molecule has 2 aromatic heterocycles. The molecule has 3 aromatic rings. The second kappa shape index (κ2) is 8.49. The van der Waals surface area contributed by atoms with Gasteiger partial charge in [-0.1, -0.05) is 12.1 Å². The highest BCUT2D eigenvalue weighted by Crippen LogP contribution is 2.46. The summed E-state index contributed by atoms with van der Waals surface area (Å²) < 4.78 is 10.8. The summed E-state index contributed by atoms with van der Waals surface area (Å²) in [5, 5.41) is 6.99. The summed E-state index contributed by atoms with van der Waals surface area (Å²) in [5.74, 6) is 0.113. The van der Waals surface area contributed by atoms with Crippen LogP contribution in [0.5, 0.6) is 11.5 Å². The number of likely N-dealkylation sites (N-methyl/N-ethyl adjacent to an activating group) is 1. The van der Waals surface area contributed by atoms with Gasteiger partial charge in [-0.3, -0.25) is 9.59 Å². The van der Waals surface area contributed by atoms with Gasteiger partial charge in [0.2, 0.25) is 5.91 Å². The highest BCUT2D eigenvalue weighted by Gasteiger charge is 2.44. The summed E-state index contributed by atoms with van der Waals surface area (Å²) in [6, 6.07) is 10.9. The van der Waals surface area contributed by atoms with Gasteiger partial charge in [0.25, 0.3) is 5.91 Å². The largest absolute Gasteiger partial charge is 0.493 e. The first-order valence-corrected chi connectivity index (χ1v) is 11.2. The molecule has 0 saturated heterocycles. The van der Waals surface area contributed by atoms with E-state index in [1.807, 2.05) is 35.0 Å². The zero-order chi connectivity index (χ0) is 21.3. The van der Waals surface area contributed by atoms with Crippen molar-refractivity contribution >= 4 is 34.5 Å². The number of nitrogens with zero attached hydrogens (tertiary/aromatic N) is 1. The summed E-state index contributed by atoms with van der Waals surface area (Å²) in [4.78, 5) is 30.3. The number of carbonyl (C=O) groups excluding carboxylic acids is 2. The molecule has 0 bridgehead atoms. The number of methoxy groups -OCH3 is 2. The first-order chi connectivity index (χ1) is 14.5. The lowest BCUT2D eigenvalue weighted by Gasteiger charge is -2.39. The van der Waals surface area contributed by atoms with Gasteiger partial charge in [-0.2, -0.15) is 0 Å². The van der Waals surface area contributed by atoms with Crippen molar-refractivity contribution in [3.05, 3.63) is 68.0 Å². The minimum absolute atomic E-state index is 0.130. The van der Waals surface area contributed by atoms with Crippen molar-refractivity contribution < 1.29 is 19.1 Å². The fraction of sp³-hybridized carbons (Fsp3) is 0.273. The number of nitrogens with one attached hydrogen (secondary N) is 1. The van der Waals surface area contributed by atoms with Crippen molar-refractivity contribution in [2.45, 2.75) is 18.5 Å². The Morgan fingerprint density at radius 3 is 2.43 bits per heavy atom. The molecule has 30 heavy (non-hydrogen) atoms. The van der Waals surface area contributed by atoms with Gasteiger partial charge in [-0.15, -0.1) is 22.7 Å². The second-order valence-electron chi connectivity index (χ2n) is 6.95. The van der Waals surface area contributed by atoms with Gasteiger partial charge >= 0.3 is 0 Å². The van der Waals surface area contributed by atoms with Crippen molar-refractivity contribution in [1.82, 2.24) is 10.2 Å². The van der Waals surface area contributed by atoms with Crippen LogP contribution in [0.4, 0.5) is 0 Å². The van der Waals surface area contributed by atoms with Gasteiger partial charge in [0.05, 0.1) is 32.7 Å². The van der Waals surface area contributed by atoms with Crippen molar-refractivity contribution in [3.63, 3.8) is 0 Å². The molecular formula is C22H22N2O4S2. The molecule has 0 saturated carbocycles. The summed E-state index contributed by atoms with van der Waals surface area (Å²) in [5.41, 5.74) is 1.11. The number of fused-ring (bicyclic) bond motifs is 1. The van der Waals surface area contributed by atoms with Gasteiger partial charge < -0.3 is 19.7 Å². The van der Waals surface area contributed by atoms with E-state index in [4.69, 9.17) is 9.47 Å². The van der Waals surface area contributed by atoms with Gasteiger partial charge in [0, 0.05) is 22.4 Å². The van der Waals surface area contributed by atoms with E-state index in [1.165, 1.54) is 18.4 Å². The Kier molecular flexibility index (Phi) is 5.78. The molecule has 0 spiro atoms. The SMILES string of the molecule is COc1cc2c(cc1OC)[C@H](C(=O)NCc1cccs1)[C@@H](c1cccs1)N(C)C2=O. The van der Waals surface area contributed by atoms with Crippen molar-refractivity contribution in [2.24, 2.45) is 0 Å². The van der Waals surface area contributed by atoms with Crippen molar-refractivity contribution in [2.75, 3.05) is 21.3 Å². The molecule has 6 nitrogen and oxygen atoms in total. The topological polar surface area (TPSA) is 67.9 Å². The molecule has 3 heterocycles. The van der Waals surface area contributed by atoms with E-state index in [0.717, 1.165) is 9.75 Å². The fourth-order valence-corrected chi connectivity index (χ4v) is 5.39. The lowest BCUT2D eigenvalue weighted by molar-refractivity contribution is -0.124. The van der Waals surface area contributed by atoms with E-state index in [-0.39, 0.29) is 11.8 Å². The third kappa shape index (κ3) is 3.57. The molecule has 0 aliphatic carbocycles. The van der Waals surface area contributed by atoms with Crippen LogP contribution in [-0.4, -0.2) is 38.0 Å². The number of benzene rings is 1. The summed E-state index contributed by atoms with van der Waals surface area (Å²) in [6.45, 7) is 0.449. The zero-order valence-corrected chi connectivity index (χ0v) is 18.5. The van der Waals surface area contributed by atoms with E-state index in [9.17, 15) is 9.59 Å². The molecule has 0 radical (unpaired) electrons. The molecule has 1 aromatic carbocycles. The number of ether oxygens (including phenoxy) is 2. The monoisotopic (exact) mass is 442 g/mol.